The molecule has 8 nitrogen and oxygen atoms in total. The number of nitrogens with zero attached hydrogens (tertiary/aromatic N) is 1. The number of fused-ring (bicyclic) bond motifs is 1. The number of likely N-dealkylation sites (N-methyl/N-ethyl adjacent to an activating group) is 1. The summed E-state index contributed by atoms with van der Waals surface area (Å²) in [6, 6.07) is 11.9. The second-order valence-electron chi connectivity index (χ2n) is 7.70. The summed E-state index contributed by atoms with van der Waals surface area (Å²) in [7, 11) is 7.83. The van der Waals surface area contributed by atoms with E-state index in [1.807, 2.05) is 17.5 Å². The third-order valence-corrected chi connectivity index (χ3v) is 6.90. The molecule has 34 heavy (non-hydrogen) atoms. The quantitative estimate of drug-likeness (QED) is 0.540. The molecule has 0 unspecified atom stereocenters. The highest BCUT2D eigenvalue weighted by molar-refractivity contribution is 7.10. The van der Waals surface area contributed by atoms with Gasteiger partial charge in [0.25, 0.3) is 5.91 Å². The smallest absolute Gasteiger partial charge is 0.254 e. The molecule has 0 aliphatic carbocycles. The summed E-state index contributed by atoms with van der Waals surface area (Å²) in [5, 5.41) is 4.92. The molecular weight excluding hydrogens is 456 g/mol. The van der Waals surface area contributed by atoms with Crippen LogP contribution in [0.1, 0.15) is 32.8 Å². The molecule has 4 rings (SSSR count). The number of methoxy groups -OCH3 is 4. The zero-order chi connectivity index (χ0) is 24.4. The van der Waals surface area contributed by atoms with Crippen molar-refractivity contribution < 1.29 is 28.5 Å². The van der Waals surface area contributed by atoms with Crippen molar-refractivity contribution >= 4 is 28.8 Å². The molecule has 0 spiro atoms. The molecule has 2 aromatic carbocycles. The van der Waals surface area contributed by atoms with E-state index in [9.17, 15) is 9.59 Å². The van der Waals surface area contributed by atoms with E-state index in [1.165, 1.54) is 32.7 Å². The lowest BCUT2D eigenvalue weighted by Gasteiger charge is -2.39. The van der Waals surface area contributed by atoms with Gasteiger partial charge in [-0.15, -0.1) is 11.3 Å². The predicted octanol–water partition coefficient (Wildman–Crippen LogP) is 4.33. The van der Waals surface area contributed by atoms with Crippen LogP contribution in [0.5, 0.6) is 23.0 Å². The third kappa shape index (κ3) is 4.03. The molecule has 1 N–H and O–H groups in total. The standard InChI is InChI=1S/C25H26N2O6S/c1-27-23(21-7-6-10-34-21)22(15-12-19(32-4)20(33-5)13-16(15)25(27)29)24(28)26-17-9-8-14(30-2)11-18(17)31-3/h6-13,22-23H,1-5H3,(H,26,28)/t22-,23-/m1/s1. The van der Waals surface area contributed by atoms with E-state index in [-0.39, 0.29) is 11.8 Å². The average Bonchev–Trinajstić information content (AvgIpc) is 3.39. The molecule has 2 heterocycles. The Hall–Kier alpha value is -3.72. The lowest BCUT2D eigenvalue weighted by Crippen LogP contribution is -2.43. The number of rotatable bonds is 7. The van der Waals surface area contributed by atoms with Crippen LogP contribution < -0.4 is 24.3 Å². The monoisotopic (exact) mass is 482 g/mol. The molecule has 3 aromatic rings. The number of anilines is 1. The fourth-order valence-corrected chi connectivity index (χ4v) is 5.16. The summed E-state index contributed by atoms with van der Waals surface area (Å²) in [4.78, 5) is 29.7. The molecule has 0 saturated carbocycles. The van der Waals surface area contributed by atoms with Gasteiger partial charge in [-0.3, -0.25) is 9.59 Å². The molecule has 1 aliphatic rings. The van der Waals surface area contributed by atoms with E-state index < -0.39 is 12.0 Å². The molecule has 0 bridgehead atoms. The zero-order valence-electron chi connectivity index (χ0n) is 19.6. The van der Waals surface area contributed by atoms with Gasteiger partial charge < -0.3 is 29.2 Å². The van der Waals surface area contributed by atoms with Crippen molar-refractivity contribution in [3.8, 4) is 23.0 Å². The van der Waals surface area contributed by atoms with Crippen molar-refractivity contribution in [1.29, 1.82) is 0 Å². The van der Waals surface area contributed by atoms with Crippen molar-refractivity contribution in [2.45, 2.75) is 12.0 Å². The lowest BCUT2D eigenvalue weighted by molar-refractivity contribution is -0.119. The zero-order valence-corrected chi connectivity index (χ0v) is 20.4. The van der Waals surface area contributed by atoms with E-state index in [0.29, 0.717) is 39.8 Å². The number of thiophene rings is 1. The van der Waals surface area contributed by atoms with Crippen molar-refractivity contribution in [2.75, 3.05) is 40.8 Å². The Morgan fingerprint density at radius 2 is 1.65 bits per heavy atom. The molecule has 0 radical (unpaired) electrons. The first-order valence-electron chi connectivity index (χ1n) is 10.5. The van der Waals surface area contributed by atoms with Gasteiger partial charge in [-0.05, 0) is 41.3 Å². The number of benzene rings is 2. The molecule has 0 fully saturated rings. The Kier molecular flexibility index (Phi) is 6.65. The molecule has 1 aromatic heterocycles. The maximum atomic E-state index is 13.9. The Bertz CT molecular complexity index is 1210. The number of hydrogen-bond donors (Lipinski definition) is 1. The van der Waals surface area contributed by atoms with Crippen molar-refractivity contribution in [3.05, 3.63) is 63.8 Å². The van der Waals surface area contributed by atoms with Crippen molar-refractivity contribution in [3.63, 3.8) is 0 Å². The van der Waals surface area contributed by atoms with Crippen LogP contribution in [0.4, 0.5) is 5.69 Å². The van der Waals surface area contributed by atoms with Crippen LogP contribution >= 0.6 is 11.3 Å². The normalized spacial score (nSPS) is 17.1. The number of amides is 2. The van der Waals surface area contributed by atoms with Crippen molar-refractivity contribution in [2.24, 2.45) is 0 Å². The fourth-order valence-electron chi connectivity index (χ4n) is 4.26. The highest BCUT2D eigenvalue weighted by atomic mass is 32.1. The molecule has 1 aliphatic heterocycles. The molecule has 178 valence electrons. The largest absolute Gasteiger partial charge is 0.497 e. The first-order valence-corrected chi connectivity index (χ1v) is 11.4. The molecule has 0 saturated heterocycles. The van der Waals surface area contributed by atoms with Gasteiger partial charge in [0.1, 0.15) is 11.5 Å². The van der Waals surface area contributed by atoms with Crippen molar-refractivity contribution in [1.82, 2.24) is 4.90 Å². The summed E-state index contributed by atoms with van der Waals surface area (Å²) >= 11 is 1.50. The Balaban J connectivity index is 1.84. The van der Waals surface area contributed by atoms with Crippen LogP contribution in [0.3, 0.4) is 0 Å². The van der Waals surface area contributed by atoms with Gasteiger partial charge in [-0.2, -0.15) is 0 Å². The van der Waals surface area contributed by atoms with E-state index in [0.717, 1.165) is 4.88 Å². The molecule has 2 amide bonds. The van der Waals surface area contributed by atoms with Crippen LogP contribution in [0.15, 0.2) is 47.8 Å². The van der Waals surface area contributed by atoms with E-state index in [4.69, 9.17) is 18.9 Å². The van der Waals surface area contributed by atoms with Gasteiger partial charge in [0.05, 0.1) is 46.1 Å². The van der Waals surface area contributed by atoms with Crippen LogP contribution in [0.25, 0.3) is 0 Å². The van der Waals surface area contributed by atoms with Crippen LogP contribution in [-0.2, 0) is 4.79 Å². The van der Waals surface area contributed by atoms with Gasteiger partial charge in [0.15, 0.2) is 11.5 Å². The summed E-state index contributed by atoms with van der Waals surface area (Å²) in [5.41, 5.74) is 1.47. The van der Waals surface area contributed by atoms with Crippen LogP contribution in [0.2, 0.25) is 0 Å². The van der Waals surface area contributed by atoms with Crippen LogP contribution in [0, 0.1) is 0 Å². The maximum Gasteiger partial charge on any atom is 0.254 e. The SMILES string of the molecule is COc1ccc(NC(=O)[C@@H]2c3cc(OC)c(OC)cc3C(=O)N(C)[C@@H]2c2cccs2)c(OC)c1. The number of carbonyl (C=O) groups is 2. The fraction of sp³-hybridized carbons (Fsp3) is 0.280. The van der Waals surface area contributed by atoms with E-state index in [2.05, 4.69) is 5.32 Å². The molecule has 2 atom stereocenters. The van der Waals surface area contributed by atoms with Gasteiger partial charge in [0, 0.05) is 23.6 Å². The Morgan fingerprint density at radius 3 is 2.26 bits per heavy atom. The summed E-state index contributed by atoms with van der Waals surface area (Å²) < 4.78 is 21.6. The third-order valence-electron chi connectivity index (χ3n) is 5.96. The summed E-state index contributed by atoms with van der Waals surface area (Å²) in [6.45, 7) is 0. The maximum absolute atomic E-state index is 13.9. The minimum absolute atomic E-state index is 0.194. The first kappa shape index (κ1) is 23.4. The topological polar surface area (TPSA) is 86.3 Å². The molecular formula is C25H26N2O6S. The summed E-state index contributed by atoms with van der Waals surface area (Å²) in [6.07, 6.45) is 0. The van der Waals surface area contributed by atoms with E-state index >= 15 is 0 Å². The number of ether oxygens (including phenoxy) is 4. The van der Waals surface area contributed by atoms with Gasteiger partial charge in [0.2, 0.25) is 5.91 Å². The average molecular weight is 483 g/mol. The van der Waals surface area contributed by atoms with Gasteiger partial charge in [-0.1, -0.05) is 6.07 Å². The number of nitrogens with one attached hydrogen (secondary N) is 1. The Morgan fingerprint density at radius 1 is 0.941 bits per heavy atom. The number of carbonyl (C=O) groups excluding carboxylic acids is 2. The second kappa shape index (κ2) is 9.64. The minimum atomic E-state index is -0.706. The highest BCUT2D eigenvalue weighted by Gasteiger charge is 2.44. The Labute approximate surface area is 202 Å². The van der Waals surface area contributed by atoms with Crippen LogP contribution in [-0.4, -0.2) is 52.2 Å². The molecule has 9 heteroatoms. The van der Waals surface area contributed by atoms with Gasteiger partial charge in [-0.25, -0.2) is 0 Å². The predicted molar refractivity (Wildman–Crippen MR) is 130 cm³/mol. The first-order chi connectivity index (χ1) is 16.4. The van der Waals surface area contributed by atoms with Gasteiger partial charge >= 0.3 is 0 Å². The summed E-state index contributed by atoms with van der Waals surface area (Å²) in [5.74, 6) is 0.764. The highest BCUT2D eigenvalue weighted by Crippen LogP contribution is 2.47. The second-order valence-corrected chi connectivity index (χ2v) is 8.68. The minimum Gasteiger partial charge on any atom is -0.497 e. The lowest BCUT2D eigenvalue weighted by atomic mass is 9.81. The number of hydrogen-bond acceptors (Lipinski definition) is 7. The van der Waals surface area contributed by atoms with E-state index in [1.54, 1.807) is 49.4 Å².